The van der Waals surface area contributed by atoms with E-state index in [9.17, 15) is 22.8 Å². The number of nitrogens with two attached hydrogens (primary N) is 2. The Balaban J connectivity index is 2.44. The van der Waals surface area contributed by atoms with E-state index in [4.69, 9.17) is 15.6 Å². The molecule has 0 radical (unpaired) electrons. The Labute approximate surface area is 134 Å². The van der Waals surface area contributed by atoms with Crippen LogP contribution < -0.4 is 32.2 Å². The lowest BCUT2D eigenvalue weighted by Gasteiger charge is -2.11. The Morgan fingerprint density at radius 2 is 1.92 bits per heavy atom. The van der Waals surface area contributed by atoms with E-state index in [1.54, 1.807) is 0 Å². The fraction of sp³-hybridized carbons (Fsp3) is 0.0833. The molecule has 7 N–H and O–H groups in total. The van der Waals surface area contributed by atoms with Gasteiger partial charge in [-0.25, -0.2) is 18.4 Å². The SMILES string of the molecule is COc1cc(S(N)(=O)=O)ccc1C(=O)Nc1c(N)[nH]c(=O)[nH]c1=O. The number of hydrogen-bond acceptors (Lipinski definition) is 7. The molecule has 0 bridgehead atoms. The number of benzene rings is 1. The first-order valence-corrected chi connectivity index (χ1v) is 7.82. The highest BCUT2D eigenvalue weighted by Crippen LogP contribution is 2.23. The smallest absolute Gasteiger partial charge is 0.327 e. The standard InChI is InChI=1S/C12H13N5O6S/c1-23-7-4-5(24(14,21)22)2-3-6(7)10(18)15-8-9(13)16-12(20)17-11(8)19/h2-4H,1H3,(H,15,18)(H2,14,21,22)(H4,13,16,17,19,20). The zero-order valence-corrected chi connectivity index (χ0v) is 13.1. The number of aromatic amines is 2. The lowest BCUT2D eigenvalue weighted by molar-refractivity contribution is 0.102. The summed E-state index contributed by atoms with van der Waals surface area (Å²) >= 11 is 0. The van der Waals surface area contributed by atoms with Crippen molar-refractivity contribution in [2.45, 2.75) is 4.90 Å². The molecule has 12 heteroatoms. The number of nitrogens with one attached hydrogen (secondary N) is 3. The number of hydrogen-bond donors (Lipinski definition) is 5. The Hall–Kier alpha value is -3.12. The summed E-state index contributed by atoms with van der Waals surface area (Å²) in [6.07, 6.45) is 0. The third-order valence-electron chi connectivity index (χ3n) is 2.96. The highest BCUT2D eigenvalue weighted by atomic mass is 32.2. The molecule has 0 aliphatic rings. The second-order valence-electron chi connectivity index (χ2n) is 4.56. The fourth-order valence-electron chi connectivity index (χ4n) is 1.85. The molecule has 0 saturated carbocycles. The van der Waals surface area contributed by atoms with Crippen LogP contribution in [0.2, 0.25) is 0 Å². The molecule has 0 fully saturated rings. The molecule has 2 rings (SSSR count). The van der Waals surface area contributed by atoms with Crippen molar-refractivity contribution in [3.8, 4) is 5.75 Å². The average Bonchev–Trinajstić information content (AvgIpc) is 2.49. The summed E-state index contributed by atoms with van der Waals surface area (Å²) in [5.74, 6) is -1.23. The minimum Gasteiger partial charge on any atom is -0.496 e. The van der Waals surface area contributed by atoms with Gasteiger partial charge in [-0.1, -0.05) is 0 Å². The maximum Gasteiger partial charge on any atom is 0.327 e. The van der Waals surface area contributed by atoms with Gasteiger partial charge in [0.05, 0.1) is 17.6 Å². The number of nitrogen functional groups attached to an aromatic ring is 1. The molecule has 1 heterocycles. The first-order valence-electron chi connectivity index (χ1n) is 6.27. The summed E-state index contributed by atoms with van der Waals surface area (Å²) in [6.45, 7) is 0. The Bertz CT molecular complexity index is 1020. The van der Waals surface area contributed by atoms with Gasteiger partial charge < -0.3 is 15.8 Å². The van der Waals surface area contributed by atoms with Crippen LogP contribution in [0.15, 0.2) is 32.7 Å². The predicted molar refractivity (Wildman–Crippen MR) is 84.4 cm³/mol. The summed E-state index contributed by atoms with van der Waals surface area (Å²) in [6, 6.07) is 3.32. The number of methoxy groups -OCH3 is 1. The van der Waals surface area contributed by atoms with Crippen molar-refractivity contribution in [3.05, 3.63) is 44.6 Å². The van der Waals surface area contributed by atoms with Gasteiger partial charge in [-0.05, 0) is 12.1 Å². The maximum atomic E-state index is 12.3. The van der Waals surface area contributed by atoms with Gasteiger partial charge >= 0.3 is 5.69 Å². The summed E-state index contributed by atoms with van der Waals surface area (Å²) in [5, 5.41) is 7.22. The van der Waals surface area contributed by atoms with E-state index in [0.29, 0.717) is 0 Å². The molecular formula is C12H13N5O6S. The molecular weight excluding hydrogens is 342 g/mol. The highest BCUT2D eigenvalue weighted by molar-refractivity contribution is 7.89. The van der Waals surface area contributed by atoms with Crippen molar-refractivity contribution in [1.82, 2.24) is 9.97 Å². The highest BCUT2D eigenvalue weighted by Gasteiger charge is 2.19. The van der Waals surface area contributed by atoms with E-state index in [0.717, 1.165) is 18.2 Å². The van der Waals surface area contributed by atoms with Crippen LogP contribution >= 0.6 is 0 Å². The first kappa shape index (κ1) is 17.2. The van der Waals surface area contributed by atoms with Crippen LogP contribution in [0, 0.1) is 0 Å². The number of H-pyrrole nitrogens is 2. The fourth-order valence-corrected chi connectivity index (χ4v) is 2.37. The summed E-state index contributed by atoms with van der Waals surface area (Å²) in [7, 11) is -2.76. The number of amides is 1. The molecule has 1 amide bonds. The van der Waals surface area contributed by atoms with Gasteiger partial charge in [-0.15, -0.1) is 0 Å². The molecule has 24 heavy (non-hydrogen) atoms. The van der Waals surface area contributed by atoms with E-state index in [2.05, 4.69) is 10.3 Å². The minimum absolute atomic E-state index is 0.0742. The number of aromatic nitrogens is 2. The molecule has 1 aromatic heterocycles. The van der Waals surface area contributed by atoms with Crippen LogP contribution in [0.5, 0.6) is 5.75 Å². The van der Waals surface area contributed by atoms with Crippen molar-refractivity contribution < 1.29 is 17.9 Å². The Kier molecular flexibility index (Phi) is 4.43. The molecule has 0 aliphatic carbocycles. The third-order valence-corrected chi connectivity index (χ3v) is 3.87. The molecule has 128 valence electrons. The van der Waals surface area contributed by atoms with Crippen LogP contribution in [0.25, 0.3) is 0 Å². The van der Waals surface area contributed by atoms with Crippen LogP contribution in [0.3, 0.4) is 0 Å². The Morgan fingerprint density at radius 1 is 1.25 bits per heavy atom. The van der Waals surface area contributed by atoms with Crippen molar-refractivity contribution in [2.75, 3.05) is 18.2 Å². The zero-order chi connectivity index (χ0) is 18.1. The maximum absolute atomic E-state index is 12.3. The van der Waals surface area contributed by atoms with Crippen LogP contribution in [0.1, 0.15) is 10.4 Å². The second kappa shape index (κ2) is 6.17. The van der Waals surface area contributed by atoms with Gasteiger partial charge in [0, 0.05) is 6.07 Å². The molecule has 0 unspecified atom stereocenters. The van der Waals surface area contributed by atoms with Crippen molar-refractivity contribution in [1.29, 1.82) is 0 Å². The van der Waals surface area contributed by atoms with Gasteiger partial charge in [-0.2, -0.15) is 0 Å². The van der Waals surface area contributed by atoms with Crippen LogP contribution in [-0.2, 0) is 10.0 Å². The topological polar surface area (TPSA) is 190 Å². The first-order chi connectivity index (χ1) is 11.1. The minimum atomic E-state index is -3.98. The van der Waals surface area contributed by atoms with Gasteiger partial charge in [0.2, 0.25) is 10.0 Å². The van der Waals surface area contributed by atoms with Gasteiger partial charge in [0.25, 0.3) is 11.5 Å². The summed E-state index contributed by atoms with van der Waals surface area (Å²) < 4.78 is 27.6. The summed E-state index contributed by atoms with van der Waals surface area (Å²) in [5.41, 5.74) is 3.32. The molecule has 11 nitrogen and oxygen atoms in total. The van der Waals surface area contributed by atoms with Crippen molar-refractivity contribution >= 4 is 27.4 Å². The zero-order valence-electron chi connectivity index (χ0n) is 12.2. The van der Waals surface area contributed by atoms with Crippen molar-refractivity contribution in [3.63, 3.8) is 0 Å². The number of rotatable bonds is 4. The molecule has 0 saturated heterocycles. The van der Waals surface area contributed by atoms with E-state index < -0.39 is 27.2 Å². The second-order valence-corrected chi connectivity index (χ2v) is 6.12. The molecule has 1 aromatic carbocycles. The number of anilines is 2. The lowest BCUT2D eigenvalue weighted by Crippen LogP contribution is -2.29. The van der Waals surface area contributed by atoms with Gasteiger partial charge in [0.1, 0.15) is 17.3 Å². The average molecular weight is 355 g/mol. The predicted octanol–water partition coefficient (Wildman–Crippen LogP) is -1.45. The molecule has 0 atom stereocenters. The van der Waals surface area contributed by atoms with Gasteiger partial charge in [-0.3, -0.25) is 19.6 Å². The van der Waals surface area contributed by atoms with E-state index in [1.165, 1.54) is 7.11 Å². The Morgan fingerprint density at radius 3 is 2.46 bits per heavy atom. The van der Waals surface area contributed by atoms with Gasteiger partial charge in [0.15, 0.2) is 0 Å². The number of primary sulfonamides is 1. The lowest BCUT2D eigenvalue weighted by atomic mass is 10.2. The largest absolute Gasteiger partial charge is 0.496 e. The van der Waals surface area contributed by atoms with E-state index in [-0.39, 0.29) is 27.7 Å². The molecule has 0 spiro atoms. The van der Waals surface area contributed by atoms with Crippen LogP contribution in [0.4, 0.5) is 11.5 Å². The normalized spacial score (nSPS) is 11.1. The van der Waals surface area contributed by atoms with Crippen molar-refractivity contribution in [2.24, 2.45) is 5.14 Å². The molecule has 2 aromatic rings. The molecule has 0 aliphatic heterocycles. The number of sulfonamides is 1. The summed E-state index contributed by atoms with van der Waals surface area (Å²) in [4.78, 5) is 38.8. The van der Waals surface area contributed by atoms with E-state index in [1.807, 2.05) is 4.98 Å². The third kappa shape index (κ3) is 3.44. The van der Waals surface area contributed by atoms with Crippen LogP contribution in [-0.4, -0.2) is 31.4 Å². The number of carbonyl (C=O) groups excluding carboxylic acids is 1. The number of carbonyl (C=O) groups is 1. The monoisotopic (exact) mass is 355 g/mol. The quantitative estimate of drug-likeness (QED) is 0.443. The number of ether oxygens (including phenoxy) is 1. The van der Waals surface area contributed by atoms with E-state index >= 15 is 0 Å².